The number of unbranched alkanes of at least 4 members (excludes halogenated alkanes) is 7. The Morgan fingerprint density at radius 1 is 1.00 bits per heavy atom. The third-order valence-electron chi connectivity index (χ3n) is 3.02. The quantitative estimate of drug-likeness (QED) is 0.396. The lowest BCUT2D eigenvalue weighted by Crippen LogP contribution is -1.79. The maximum Gasteiger partial charge on any atom is 0.0340 e. The van der Waals surface area contributed by atoms with Gasteiger partial charge in [-0.15, -0.1) is 6.58 Å². The van der Waals surface area contributed by atoms with E-state index in [9.17, 15) is 0 Å². The van der Waals surface area contributed by atoms with E-state index in [2.05, 4.69) is 29.8 Å². The first-order chi connectivity index (χ1) is 8.93. The van der Waals surface area contributed by atoms with Gasteiger partial charge in [0.2, 0.25) is 0 Å². The van der Waals surface area contributed by atoms with Gasteiger partial charge in [-0.05, 0) is 37.3 Å². The minimum absolute atomic E-state index is 1.17. The summed E-state index contributed by atoms with van der Waals surface area (Å²) in [5.41, 5.74) is 1.20. The van der Waals surface area contributed by atoms with Crippen molar-refractivity contribution in [2.75, 3.05) is 0 Å². The van der Waals surface area contributed by atoms with Gasteiger partial charge < -0.3 is 0 Å². The molecule has 0 radical (unpaired) electrons. The molecule has 1 nitrogen and oxygen atoms in total. The largest absolute Gasteiger partial charge is 0.264 e. The minimum atomic E-state index is 1.17. The van der Waals surface area contributed by atoms with Crippen molar-refractivity contribution in [2.24, 2.45) is 0 Å². The van der Waals surface area contributed by atoms with Crippen molar-refractivity contribution in [3.05, 3.63) is 48.8 Å². The number of nitrogens with zero attached hydrogens (tertiary/aromatic N) is 1. The lowest BCUT2D eigenvalue weighted by Gasteiger charge is -1.99. The third-order valence-corrected chi connectivity index (χ3v) is 3.02. The van der Waals surface area contributed by atoms with Crippen molar-refractivity contribution in [1.82, 2.24) is 4.98 Å². The highest BCUT2D eigenvalue weighted by Gasteiger charge is 1.90. The maximum atomic E-state index is 4.09. The molecular formula is C17H25N. The SMILES string of the molecule is C=CCCCCCCCCC=Cc1cccnc1. The van der Waals surface area contributed by atoms with Gasteiger partial charge in [0.25, 0.3) is 0 Å². The third kappa shape index (κ3) is 7.83. The normalized spacial score (nSPS) is 10.9. The van der Waals surface area contributed by atoms with Crippen molar-refractivity contribution < 1.29 is 0 Å². The van der Waals surface area contributed by atoms with Crippen molar-refractivity contribution >= 4 is 6.08 Å². The number of pyridine rings is 1. The molecule has 0 aliphatic heterocycles. The average Bonchev–Trinajstić information content (AvgIpc) is 2.42. The summed E-state index contributed by atoms with van der Waals surface area (Å²) >= 11 is 0. The smallest absolute Gasteiger partial charge is 0.0340 e. The molecule has 0 spiro atoms. The summed E-state index contributed by atoms with van der Waals surface area (Å²) in [6.45, 7) is 3.74. The van der Waals surface area contributed by atoms with Gasteiger partial charge in [0, 0.05) is 12.4 Å². The predicted octanol–water partition coefficient (Wildman–Crippen LogP) is 5.40. The molecule has 0 saturated heterocycles. The van der Waals surface area contributed by atoms with E-state index in [1.165, 1.54) is 56.9 Å². The van der Waals surface area contributed by atoms with Gasteiger partial charge in [0.05, 0.1) is 0 Å². The summed E-state index contributed by atoms with van der Waals surface area (Å²) in [5, 5.41) is 0. The first kappa shape index (κ1) is 14.7. The molecule has 0 N–H and O–H groups in total. The van der Waals surface area contributed by atoms with E-state index in [0.717, 1.165) is 0 Å². The fraction of sp³-hybridized carbons (Fsp3) is 0.471. The molecule has 1 heterocycles. The molecule has 18 heavy (non-hydrogen) atoms. The Morgan fingerprint density at radius 3 is 2.39 bits per heavy atom. The summed E-state index contributed by atoms with van der Waals surface area (Å²) in [5.74, 6) is 0. The number of hydrogen-bond acceptors (Lipinski definition) is 1. The van der Waals surface area contributed by atoms with E-state index in [1.54, 1.807) is 0 Å². The summed E-state index contributed by atoms with van der Waals surface area (Å²) in [7, 11) is 0. The molecule has 0 aliphatic rings. The van der Waals surface area contributed by atoms with Crippen LogP contribution in [0.25, 0.3) is 6.08 Å². The molecule has 98 valence electrons. The number of aromatic nitrogens is 1. The fourth-order valence-corrected chi connectivity index (χ4v) is 1.95. The van der Waals surface area contributed by atoms with Crippen LogP contribution in [0.4, 0.5) is 0 Å². The number of hydrogen-bond donors (Lipinski definition) is 0. The Labute approximate surface area is 112 Å². The topological polar surface area (TPSA) is 12.9 Å². The van der Waals surface area contributed by atoms with Crippen LogP contribution in [0.1, 0.15) is 56.9 Å². The molecule has 1 aromatic heterocycles. The van der Waals surface area contributed by atoms with Crippen molar-refractivity contribution in [3.63, 3.8) is 0 Å². The zero-order valence-electron chi connectivity index (χ0n) is 11.4. The van der Waals surface area contributed by atoms with Crippen molar-refractivity contribution in [2.45, 2.75) is 51.4 Å². The van der Waals surface area contributed by atoms with Crippen LogP contribution < -0.4 is 0 Å². The lowest BCUT2D eigenvalue weighted by molar-refractivity contribution is 0.600. The zero-order chi connectivity index (χ0) is 12.9. The minimum Gasteiger partial charge on any atom is -0.264 e. The molecule has 0 saturated carbocycles. The van der Waals surface area contributed by atoms with Crippen LogP contribution in [-0.4, -0.2) is 4.98 Å². The zero-order valence-corrected chi connectivity index (χ0v) is 11.4. The second kappa shape index (κ2) is 10.8. The monoisotopic (exact) mass is 243 g/mol. The highest BCUT2D eigenvalue weighted by Crippen LogP contribution is 2.09. The fourth-order valence-electron chi connectivity index (χ4n) is 1.95. The molecule has 0 aliphatic carbocycles. The molecule has 1 rings (SSSR count). The lowest BCUT2D eigenvalue weighted by atomic mass is 10.1. The molecular weight excluding hydrogens is 218 g/mol. The van der Waals surface area contributed by atoms with Gasteiger partial charge in [0.15, 0.2) is 0 Å². The molecule has 0 fully saturated rings. The molecule has 0 amide bonds. The average molecular weight is 243 g/mol. The van der Waals surface area contributed by atoms with Gasteiger partial charge in [-0.1, -0.05) is 50.0 Å². The highest BCUT2D eigenvalue weighted by atomic mass is 14.6. The molecule has 0 atom stereocenters. The number of allylic oxidation sites excluding steroid dienone is 2. The molecule has 0 aromatic carbocycles. The van der Waals surface area contributed by atoms with E-state index < -0.39 is 0 Å². The van der Waals surface area contributed by atoms with E-state index in [0.29, 0.717) is 0 Å². The summed E-state index contributed by atoms with van der Waals surface area (Å²) in [4.78, 5) is 4.09. The van der Waals surface area contributed by atoms with Crippen LogP contribution in [-0.2, 0) is 0 Å². The van der Waals surface area contributed by atoms with Crippen LogP contribution in [0, 0.1) is 0 Å². The maximum absolute atomic E-state index is 4.09. The van der Waals surface area contributed by atoms with Crippen molar-refractivity contribution in [3.8, 4) is 0 Å². The predicted molar refractivity (Wildman–Crippen MR) is 80.4 cm³/mol. The first-order valence-electron chi connectivity index (χ1n) is 7.11. The van der Waals surface area contributed by atoms with Crippen molar-refractivity contribution in [1.29, 1.82) is 0 Å². The molecule has 0 bridgehead atoms. The Morgan fingerprint density at radius 2 is 1.72 bits per heavy atom. The van der Waals surface area contributed by atoms with Gasteiger partial charge in [0.1, 0.15) is 0 Å². The van der Waals surface area contributed by atoms with Crippen LogP contribution in [0.15, 0.2) is 43.3 Å². The van der Waals surface area contributed by atoms with E-state index in [1.807, 2.05) is 24.5 Å². The summed E-state index contributed by atoms with van der Waals surface area (Å²) in [6, 6.07) is 4.06. The standard InChI is InChI=1S/C17H25N/c1-2-3-4-5-6-7-8-9-10-11-13-17-14-12-15-18-16-17/h2,11-16H,1,3-10H2. The van der Waals surface area contributed by atoms with Gasteiger partial charge in [-0.3, -0.25) is 4.98 Å². The van der Waals surface area contributed by atoms with Gasteiger partial charge >= 0.3 is 0 Å². The van der Waals surface area contributed by atoms with Crippen LogP contribution in [0.2, 0.25) is 0 Å². The summed E-state index contributed by atoms with van der Waals surface area (Å²) in [6.07, 6.45) is 20.6. The molecule has 1 aromatic rings. The van der Waals surface area contributed by atoms with Gasteiger partial charge in [-0.2, -0.15) is 0 Å². The Kier molecular flexibility index (Phi) is 8.78. The van der Waals surface area contributed by atoms with Crippen LogP contribution in [0.5, 0.6) is 0 Å². The Bertz CT molecular complexity index is 327. The van der Waals surface area contributed by atoms with E-state index in [4.69, 9.17) is 0 Å². The second-order valence-electron chi connectivity index (χ2n) is 4.68. The summed E-state index contributed by atoms with van der Waals surface area (Å²) < 4.78 is 0. The highest BCUT2D eigenvalue weighted by molar-refractivity contribution is 5.46. The van der Waals surface area contributed by atoms with E-state index in [-0.39, 0.29) is 0 Å². The first-order valence-corrected chi connectivity index (χ1v) is 7.11. The molecule has 1 heteroatoms. The second-order valence-corrected chi connectivity index (χ2v) is 4.68. The Balaban J connectivity index is 1.92. The van der Waals surface area contributed by atoms with Crippen LogP contribution in [0.3, 0.4) is 0 Å². The molecule has 0 unspecified atom stereocenters. The van der Waals surface area contributed by atoms with Crippen LogP contribution >= 0.6 is 0 Å². The van der Waals surface area contributed by atoms with Gasteiger partial charge in [-0.25, -0.2) is 0 Å². The number of rotatable bonds is 10. The Hall–Kier alpha value is -1.37. The van der Waals surface area contributed by atoms with E-state index >= 15 is 0 Å².